The van der Waals surface area contributed by atoms with Crippen LogP contribution in [0, 0.1) is 0 Å². The maximum atomic E-state index is 12.9. The van der Waals surface area contributed by atoms with Crippen molar-refractivity contribution < 1.29 is 27.4 Å². The Morgan fingerprint density at radius 2 is 1.88 bits per heavy atom. The van der Waals surface area contributed by atoms with Gasteiger partial charge in [0.2, 0.25) is 0 Å². The minimum Gasteiger partial charge on any atom is -0.493 e. The molecule has 5 nitrogen and oxygen atoms in total. The van der Waals surface area contributed by atoms with E-state index in [2.05, 4.69) is 10.6 Å². The number of para-hydroxylation sites is 1. The monoisotopic (exact) mass is 388 g/mol. The number of hydrogen-bond donors (Lipinski definition) is 2. The Morgan fingerprint density at radius 3 is 2.50 bits per heavy atom. The predicted molar refractivity (Wildman–Crippen MR) is 91.9 cm³/mol. The number of carbonyl (C=O) groups excluding carboxylic acids is 1. The normalized spacial score (nSPS) is 11.0. The molecule has 0 fully saturated rings. The topological polar surface area (TPSA) is 59.6 Å². The number of amides is 2. The predicted octanol–water partition coefficient (Wildman–Crippen LogP) is 4.70. The molecule has 140 valence electrons. The van der Waals surface area contributed by atoms with Gasteiger partial charge in [-0.05, 0) is 24.3 Å². The number of urea groups is 1. The van der Waals surface area contributed by atoms with Crippen LogP contribution in [0.15, 0.2) is 36.4 Å². The number of rotatable bonds is 5. The fraction of sp³-hybridized carbons (Fsp3) is 0.235. The lowest BCUT2D eigenvalue weighted by Crippen LogP contribution is -2.28. The van der Waals surface area contributed by atoms with E-state index in [0.29, 0.717) is 17.1 Å². The number of ether oxygens (including phenoxy) is 2. The first-order valence-corrected chi connectivity index (χ1v) is 7.75. The number of hydrogen-bond acceptors (Lipinski definition) is 3. The van der Waals surface area contributed by atoms with E-state index in [-0.39, 0.29) is 12.2 Å². The highest BCUT2D eigenvalue weighted by Gasteiger charge is 2.33. The zero-order valence-corrected chi connectivity index (χ0v) is 14.7. The highest BCUT2D eigenvalue weighted by atomic mass is 35.5. The van der Waals surface area contributed by atoms with Crippen molar-refractivity contribution in [3.8, 4) is 11.5 Å². The molecule has 0 heterocycles. The van der Waals surface area contributed by atoms with Gasteiger partial charge in [0.05, 0.1) is 24.8 Å². The van der Waals surface area contributed by atoms with Gasteiger partial charge in [0, 0.05) is 17.8 Å². The number of alkyl halides is 3. The van der Waals surface area contributed by atoms with Gasteiger partial charge in [-0.3, -0.25) is 0 Å². The van der Waals surface area contributed by atoms with Crippen LogP contribution in [0.1, 0.15) is 11.1 Å². The SMILES string of the molecule is COc1cccc(CNC(=O)Nc2ccc(Cl)c(C(F)(F)F)c2)c1OC. The molecular formula is C17H16ClF3N2O3. The molecule has 0 saturated carbocycles. The smallest absolute Gasteiger partial charge is 0.417 e. The highest BCUT2D eigenvalue weighted by molar-refractivity contribution is 6.31. The summed E-state index contributed by atoms with van der Waals surface area (Å²) in [7, 11) is 2.95. The van der Waals surface area contributed by atoms with Gasteiger partial charge in [0.25, 0.3) is 0 Å². The number of benzene rings is 2. The average Bonchev–Trinajstić information content (AvgIpc) is 2.60. The Kier molecular flexibility index (Phi) is 6.20. The number of methoxy groups -OCH3 is 2. The molecule has 0 aliphatic carbocycles. The molecular weight excluding hydrogens is 373 g/mol. The van der Waals surface area contributed by atoms with Crippen molar-refractivity contribution in [2.24, 2.45) is 0 Å². The van der Waals surface area contributed by atoms with Gasteiger partial charge < -0.3 is 20.1 Å². The van der Waals surface area contributed by atoms with Gasteiger partial charge in [-0.25, -0.2) is 4.79 Å². The first-order chi connectivity index (χ1) is 12.3. The van der Waals surface area contributed by atoms with Crippen molar-refractivity contribution in [3.05, 3.63) is 52.5 Å². The quantitative estimate of drug-likeness (QED) is 0.780. The third kappa shape index (κ3) is 4.72. The summed E-state index contributed by atoms with van der Waals surface area (Å²) in [5.41, 5.74) is -0.405. The van der Waals surface area contributed by atoms with Crippen LogP contribution < -0.4 is 20.1 Å². The largest absolute Gasteiger partial charge is 0.493 e. The Labute approximate surface area is 153 Å². The van der Waals surface area contributed by atoms with Crippen LogP contribution in [-0.4, -0.2) is 20.3 Å². The number of halogens is 4. The molecule has 2 rings (SSSR count). The molecule has 26 heavy (non-hydrogen) atoms. The van der Waals surface area contributed by atoms with Crippen molar-refractivity contribution in [3.63, 3.8) is 0 Å². The Hall–Kier alpha value is -2.61. The Balaban J connectivity index is 2.07. The van der Waals surface area contributed by atoms with E-state index in [0.717, 1.165) is 12.1 Å². The number of anilines is 1. The summed E-state index contributed by atoms with van der Waals surface area (Å²) in [4.78, 5) is 12.0. The molecule has 0 spiro atoms. The molecule has 0 aliphatic heterocycles. The summed E-state index contributed by atoms with van der Waals surface area (Å²) in [5, 5.41) is 4.44. The lowest BCUT2D eigenvalue weighted by molar-refractivity contribution is -0.137. The average molecular weight is 389 g/mol. The lowest BCUT2D eigenvalue weighted by Gasteiger charge is -2.14. The van der Waals surface area contributed by atoms with Crippen LogP contribution in [0.25, 0.3) is 0 Å². The molecule has 0 unspecified atom stereocenters. The van der Waals surface area contributed by atoms with Crippen molar-refractivity contribution in [2.75, 3.05) is 19.5 Å². The standard InChI is InChI=1S/C17H16ClF3N2O3/c1-25-14-5-3-4-10(15(14)26-2)9-22-16(24)23-11-6-7-13(18)12(8-11)17(19,20)21/h3-8H,9H2,1-2H3,(H2,22,23,24). The van der Waals surface area contributed by atoms with E-state index >= 15 is 0 Å². The van der Waals surface area contributed by atoms with Gasteiger partial charge in [0.1, 0.15) is 0 Å². The molecule has 2 amide bonds. The van der Waals surface area contributed by atoms with Crippen molar-refractivity contribution in [2.45, 2.75) is 12.7 Å². The minimum absolute atomic E-state index is 0.0307. The lowest BCUT2D eigenvalue weighted by atomic mass is 10.2. The second-order valence-electron chi connectivity index (χ2n) is 5.15. The Morgan fingerprint density at radius 1 is 1.15 bits per heavy atom. The van der Waals surface area contributed by atoms with E-state index < -0.39 is 22.8 Å². The molecule has 9 heteroatoms. The zero-order valence-electron chi connectivity index (χ0n) is 13.9. The molecule has 0 aliphatic rings. The third-order valence-electron chi connectivity index (χ3n) is 3.45. The van der Waals surface area contributed by atoms with Crippen LogP contribution in [0.4, 0.5) is 23.7 Å². The van der Waals surface area contributed by atoms with Crippen LogP contribution >= 0.6 is 11.6 Å². The van der Waals surface area contributed by atoms with Gasteiger partial charge in [-0.1, -0.05) is 23.7 Å². The summed E-state index contributed by atoms with van der Waals surface area (Å²) in [6.07, 6.45) is -4.61. The molecule has 2 N–H and O–H groups in total. The Bertz CT molecular complexity index is 797. The number of carbonyl (C=O) groups is 1. The first-order valence-electron chi connectivity index (χ1n) is 7.37. The first kappa shape index (κ1) is 19.7. The molecule has 2 aromatic rings. The molecule has 0 bridgehead atoms. The van der Waals surface area contributed by atoms with E-state index in [9.17, 15) is 18.0 Å². The second-order valence-corrected chi connectivity index (χ2v) is 5.56. The van der Waals surface area contributed by atoms with Crippen molar-refractivity contribution >= 4 is 23.3 Å². The summed E-state index contributed by atoms with van der Waals surface area (Å²) < 4.78 is 49.0. The van der Waals surface area contributed by atoms with Gasteiger partial charge in [-0.2, -0.15) is 13.2 Å². The molecule has 0 atom stereocenters. The summed E-state index contributed by atoms with van der Waals surface area (Å²) >= 11 is 5.55. The molecule has 0 saturated heterocycles. The summed E-state index contributed by atoms with van der Waals surface area (Å²) in [6.45, 7) is 0.0892. The summed E-state index contributed by atoms with van der Waals surface area (Å²) in [5.74, 6) is 0.959. The van der Waals surface area contributed by atoms with Crippen LogP contribution in [0.5, 0.6) is 11.5 Å². The van der Waals surface area contributed by atoms with Crippen LogP contribution in [0.3, 0.4) is 0 Å². The fourth-order valence-corrected chi connectivity index (χ4v) is 2.49. The van der Waals surface area contributed by atoms with E-state index in [1.165, 1.54) is 20.3 Å². The second kappa shape index (κ2) is 8.18. The minimum atomic E-state index is -4.61. The third-order valence-corrected chi connectivity index (χ3v) is 3.78. The maximum absolute atomic E-state index is 12.9. The fourth-order valence-electron chi connectivity index (χ4n) is 2.26. The van der Waals surface area contributed by atoms with Crippen LogP contribution in [0.2, 0.25) is 5.02 Å². The van der Waals surface area contributed by atoms with Crippen molar-refractivity contribution in [1.29, 1.82) is 0 Å². The van der Waals surface area contributed by atoms with E-state index in [1.54, 1.807) is 18.2 Å². The van der Waals surface area contributed by atoms with Gasteiger partial charge in [0.15, 0.2) is 11.5 Å². The van der Waals surface area contributed by atoms with Gasteiger partial charge >= 0.3 is 12.2 Å². The van der Waals surface area contributed by atoms with E-state index in [4.69, 9.17) is 21.1 Å². The molecule has 0 aromatic heterocycles. The summed E-state index contributed by atoms with van der Waals surface area (Å²) in [6, 6.07) is 7.61. The van der Waals surface area contributed by atoms with Gasteiger partial charge in [-0.15, -0.1) is 0 Å². The van der Waals surface area contributed by atoms with Crippen LogP contribution in [-0.2, 0) is 12.7 Å². The highest BCUT2D eigenvalue weighted by Crippen LogP contribution is 2.36. The number of nitrogens with one attached hydrogen (secondary N) is 2. The maximum Gasteiger partial charge on any atom is 0.417 e. The molecule has 0 radical (unpaired) electrons. The van der Waals surface area contributed by atoms with Crippen molar-refractivity contribution in [1.82, 2.24) is 5.32 Å². The molecule has 2 aromatic carbocycles. The van der Waals surface area contributed by atoms with E-state index in [1.807, 2.05) is 0 Å². The zero-order chi connectivity index (χ0) is 19.3.